The van der Waals surface area contributed by atoms with Crippen LogP contribution in [0.1, 0.15) is 31.9 Å². The van der Waals surface area contributed by atoms with E-state index in [1.807, 2.05) is 6.07 Å². The van der Waals surface area contributed by atoms with Crippen molar-refractivity contribution < 1.29 is 14.3 Å². The maximum Gasteiger partial charge on any atom is 0.149 e. The van der Waals surface area contributed by atoms with E-state index < -0.39 is 5.60 Å². The minimum atomic E-state index is -0.874. The zero-order valence-corrected chi connectivity index (χ0v) is 10.3. The van der Waals surface area contributed by atoms with Crippen molar-refractivity contribution in [2.45, 2.75) is 37.9 Å². The predicted molar refractivity (Wildman–Crippen MR) is 59.6 cm³/mol. The van der Waals surface area contributed by atoms with E-state index in [-0.39, 0.29) is 6.10 Å². The van der Waals surface area contributed by atoms with Gasteiger partial charge in [-0.3, -0.25) is 0 Å². The van der Waals surface area contributed by atoms with E-state index in [0.717, 1.165) is 10.9 Å². The van der Waals surface area contributed by atoms with Gasteiger partial charge in [0, 0.05) is 12.8 Å². The van der Waals surface area contributed by atoms with Gasteiger partial charge < -0.3 is 14.3 Å². The van der Waals surface area contributed by atoms with Gasteiger partial charge in [-0.2, -0.15) is 0 Å². The molecule has 0 aromatic carbocycles. The molecule has 1 aromatic rings. The smallest absolute Gasteiger partial charge is 0.149 e. The Morgan fingerprint density at radius 3 is 3.07 bits per heavy atom. The van der Waals surface area contributed by atoms with Crippen molar-refractivity contribution >= 4 is 15.9 Å². The van der Waals surface area contributed by atoms with Crippen LogP contribution in [0.25, 0.3) is 0 Å². The Hall–Kier alpha value is -0.320. The molecule has 1 N–H and O–H groups in total. The van der Waals surface area contributed by atoms with Crippen LogP contribution in [-0.2, 0) is 10.3 Å². The molecule has 84 valence electrons. The molecule has 1 aliphatic rings. The first-order chi connectivity index (χ1) is 7.15. The molecule has 4 heteroatoms. The van der Waals surface area contributed by atoms with E-state index in [1.54, 1.807) is 6.26 Å². The highest BCUT2D eigenvalue weighted by atomic mass is 79.9. The molecule has 0 aliphatic carbocycles. The Morgan fingerprint density at radius 1 is 1.67 bits per heavy atom. The normalized spacial score (nSPS) is 31.8. The van der Waals surface area contributed by atoms with E-state index in [4.69, 9.17) is 9.15 Å². The summed E-state index contributed by atoms with van der Waals surface area (Å²) in [6, 6.07) is 1.81. The molecule has 0 amide bonds. The van der Waals surface area contributed by atoms with Crippen LogP contribution in [0.3, 0.4) is 0 Å². The summed E-state index contributed by atoms with van der Waals surface area (Å²) in [5.41, 5.74) is -0.874. The molecule has 1 saturated heterocycles. The summed E-state index contributed by atoms with van der Waals surface area (Å²) in [5.74, 6) is 0.629. The van der Waals surface area contributed by atoms with Crippen LogP contribution in [0.2, 0.25) is 0 Å². The van der Waals surface area contributed by atoms with Crippen molar-refractivity contribution in [3.8, 4) is 0 Å². The van der Waals surface area contributed by atoms with Crippen molar-refractivity contribution in [1.29, 1.82) is 0 Å². The quantitative estimate of drug-likeness (QED) is 0.902. The highest BCUT2D eigenvalue weighted by Crippen LogP contribution is 2.39. The first-order valence-corrected chi connectivity index (χ1v) is 6.02. The highest BCUT2D eigenvalue weighted by molar-refractivity contribution is 9.10. The predicted octanol–water partition coefficient (Wildman–Crippen LogP) is 2.82. The largest absolute Gasteiger partial charge is 0.465 e. The molecule has 2 rings (SSSR count). The van der Waals surface area contributed by atoms with Crippen LogP contribution in [0.15, 0.2) is 21.2 Å². The fraction of sp³-hybridized carbons (Fsp3) is 0.636. The summed E-state index contributed by atoms with van der Waals surface area (Å²) >= 11 is 3.38. The number of hydrogen-bond donors (Lipinski definition) is 1. The molecule has 0 radical (unpaired) electrons. The average molecular weight is 275 g/mol. The number of halogens is 1. The average Bonchev–Trinajstić information content (AvgIpc) is 2.65. The molecular weight excluding hydrogens is 260 g/mol. The third-order valence-electron chi connectivity index (χ3n) is 2.93. The Labute approximate surface area is 97.5 Å². The van der Waals surface area contributed by atoms with Gasteiger partial charge in [-0.05, 0) is 28.4 Å². The fourth-order valence-electron chi connectivity index (χ4n) is 2.03. The minimum Gasteiger partial charge on any atom is -0.465 e. The number of furan rings is 1. The summed E-state index contributed by atoms with van der Waals surface area (Å²) in [5, 5.41) is 10.5. The summed E-state index contributed by atoms with van der Waals surface area (Å²) in [7, 11) is 0. The summed E-state index contributed by atoms with van der Waals surface area (Å²) in [6.07, 6.45) is 3.83. The molecule has 2 heterocycles. The van der Waals surface area contributed by atoms with Crippen molar-refractivity contribution in [2.75, 3.05) is 6.61 Å². The molecule has 1 aromatic heterocycles. The van der Waals surface area contributed by atoms with Gasteiger partial charge in [0.15, 0.2) is 0 Å². The third-order valence-corrected chi connectivity index (χ3v) is 3.55. The fourth-order valence-corrected chi connectivity index (χ4v) is 2.60. The Morgan fingerprint density at radius 2 is 2.47 bits per heavy atom. The van der Waals surface area contributed by atoms with Crippen LogP contribution in [-0.4, -0.2) is 17.8 Å². The zero-order valence-electron chi connectivity index (χ0n) is 8.70. The van der Waals surface area contributed by atoms with Crippen LogP contribution in [0, 0.1) is 0 Å². The second kappa shape index (κ2) is 4.28. The van der Waals surface area contributed by atoms with Gasteiger partial charge in [-0.25, -0.2) is 0 Å². The lowest BCUT2D eigenvalue weighted by Gasteiger charge is -2.35. The van der Waals surface area contributed by atoms with E-state index in [2.05, 4.69) is 22.9 Å². The molecule has 0 spiro atoms. The van der Waals surface area contributed by atoms with Crippen molar-refractivity contribution in [3.63, 3.8) is 0 Å². The van der Waals surface area contributed by atoms with Crippen LogP contribution in [0.5, 0.6) is 0 Å². The van der Waals surface area contributed by atoms with Crippen molar-refractivity contribution in [2.24, 2.45) is 0 Å². The highest BCUT2D eigenvalue weighted by Gasteiger charge is 2.39. The number of rotatable bonds is 2. The monoisotopic (exact) mass is 274 g/mol. The molecule has 1 fully saturated rings. The van der Waals surface area contributed by atoms with Crippen LogP contribution in [0.4, 0.5) is 0 Å². The molecule has 3 nitrogen and oxygen atoms in total. The third kappa shape index (κ3) is 2.12. The van der Waals surface area contributed by atoms with Crippen LogP contribution >= 0.6 is 15.9 Å². The molecule has 0 saturated carbocycles. The second-order valence-electron chi connectivity index (χ2n) is 3.98. The lowest BCUT2D eigenvalue weighted by Crippen LogP contribution is -2.38. The minimum absolute atomic E-state index is 0.126. The van der Waals surface area contributed by atoms with E-state index in [1.165, 1.54) is 0 Å². The number of hydrogen-bond acceptors (Lipinski definition) is 3. The lowest BCUT2D eigenvalue weighted by molar-refractivity contribution is -0.118. The first-order valence-electron chi connectivity index (χ1n) is 5.23. The maximum absolute atomic E-state index is 10.5. The van der Waals surface area contributed by atoms with Gasteiger partial charge >= 0.3 is 0 Å². The maximum atomic E-state index is 10.5. The van der Waals surface area contributed by atoms with Crippen LogP contribution < -0.4 is 0 Å². The van der Waals surface area contributed by atoms with E-state index >= 15 is 0 Å². The Kier molecular flexibility index (Phi) is 3.19. The molecule has 15 heavy (non-hydrogen) atoms. The van der Waals surface area contributed by atoms with Gasteiger partial charge in [0.1, 0.15) is 11.4 Å². The number of ether oxygens (including phenoxy) is 1. The van der Waals surface area contributed by atoms with E-state index in [9.17, 15) is 5.11 Å². The van der Waals surface area contributed by atoms with Gasteiger partial charge in [0.2, 0.25) is 0 Å². The van der Waals surface area contributed by atoms with Gasteiger partial charge in [-0.15, -0.1) is 0 Å². The zero-order chi connectivity index (χ0) is 10.9. The topological polar surface area (TPSA) is 42.6 Å². The summed E-state index contributed by atoms with van der Waals surface area (Å²) < 4.78 is 11.7. The van der Waals surface area contributed by atoms with Gasteiger partial charge in [0.25, 0.3) is 0 Å². The first kappa shape index (κ1) is 11.2. The van der Waals surface area contributed by atoms with Gasteiger partial charge in [0.05, 0.1) is 23.4 Å². The second-order valence-corrected chi connectivity index (χ2v) is 4.84. The number of aliphatic hydroxyl groups is 1. The van der Waals surface area contributed by atoms with E-state index in [0.29, 0.717) is 25.2 Å². The molecule has 0 bridgehead atoms. The molecular formula is C11H15BrO3. The van der Waals surface area contributed by atoms with Crippen molar-refractivity contribution in [3.05, 3.63) is 22.6 Å². The Balaban J connectivity index is 2.22. The SMILES string of the molecule is CCC1CC(O)(c2occc2Br)CCO1. The van der Waals surface area contributed by atoms with Gasteiger partial charge in [-0.1, -0.05) is 6.92 Å². The molecule has 2 atom stereocenters. The molecule has 2 unspecified atom stereocenters. The summed E-state index contributed by atoms with van der Waals surface area (Å²) in [6.45, 7) is 2.65. The standard InChI is InChI=1S/C11H15BrO3/c1-2-8-7-11(13,4-6-14-8)10-9(12)3-5-15-10/h3,5,8,13H,2,4,6-7H2,1H3. The summed E-state index contributed by atoms with van der Waals surface area (Å²) in [4.78, 5) is 0. The molecule has 1 aliphatic heterocycles. The van der Waals surface area contributed by atoms with Crippen molar-refractivity contribution in [1.82, 2.24) is 0 Å². The lowest BCUT2D eigenvalue weighted by atomic mass is 9.87. The Bertz CT molecular complexity index is 336.